The molecule has 1 aromatic rings. The molecule has 0 amide bonds. The predicted molar refractivity (Wildman–Crippen MR) is 45.5 cm³/mol. The molecule has 1 heterocycles. The molecule has 1 rings (SSSR count). The van der Waals surface area contributed by atoms with E-state index < -0.39 is 5.97 Å². The van der Waals surface area contributed by atoms with E-state index in [-0.39, 0.29) is 5.69 Å². The van der Waals surface area contributed by atoms with Crippen LogP contribution in [0.15, 0.2) is 9.72 Å². The Balaban J connectivity index is 2.73. The molecule has 0 unspecified atom stereocenters. The normalized spacial score (nSPS) is 9.91. The van der Waals surface area contributed by atoms with Gasteiger partial charge in [-0.05, 0) is 5.75 Å². The predicted octanol–water partition coefficient (Wildman–Crippen LogP) is 1.95. The molecule has 0 aliphatic carbocycles. The zero-order chi connectivity index (χ0) is 8.27. The number of hydrogen-bond acceptors (Lipinski definition) is 4. The van der Waals surface area contributed by atoms with Gasteiger partial charge in [0.2, 0.25) is 0 Å². The third kappa shape index (κ3) is 2.20. The van der Waals surface area contributed by atoms with E-state index in [2.05, 4.69) is 4.98 Å². The summed E-state index contributed by atoms with van der Waals surface area (Å²) in [6, 6.07) is 0. The van der Waals surface area contributed by atoms with Crippen LogP contribution in [0.3, 0.4) is 0 Å². The van der Waals surface area contributed by atoms with E-state index in [4.69, 9.17) is 5.11 Å². The lowest BCUT2D eigenvalue weighted by molar-refractivity contribution is 0.0691. The van der Waals surface area contributed by atoms with E-state index in [9.17, 15) is 4.79 Å². The Hall–Kier alpha value is -0.550. The summed E-state index contributed by atoms with van der Waals surface area (Å²) in [7, 11) is 0. The van der Waals surface area contributed by atoms with Crippen LogP contribution in [0, 0.1) is 0 Å². The van der Waals surface area contributed by atoms with E-state index in [1.807, 2.05) is 6.92 Å². The summed E-state index contributed by atoms with van der Waals surface area (Å²) in [5.74, 6) is -0.0313. The SMILES string of the molecule is CCSc1nc(C(=O)O)cs1. The van der Waals surface area contributed by atoms with Crippen molar-refractivity contribution in [2.24, 2.45) is 0 Å². The molecule has 0 bridgehead atoms. The molecule has 1 N–H and O–H groups in total. The molecule has 0 spiro atoms. The number of carboxylic acids is 1. The van der Waals surface area contributed by atoms with Crippen molar-refractivity contribution in [1.29, 1.82) is 0 Å². The maximum absolute atomic E-state index is 10.4. The Bertz CT molecular complexity index is 259. The molecule has 0 aliphatic heterocycles. The van der Waals surface area contributed by atoms with Crippen molar-refractivity contribution in [1.82, 2.24) is 4.98 Å². The van der Waals surface area contributed by atoms with E-state index >= 15 is 0 Å². The zero-order valence-electron chi connectivity index (χ0n) is 5.90. The summed E-state index contributed by atoms with van der Waals surface area (Å²) < 4.78 is 0.824. The van der Waals surface area contributed by atoms with Crippen molar-refractivity contribution in [3.63, 3.8) is 0 Å². The Morgan fingerprint density at radius 2 is 2.64 bits per heavy atom. The minimum atomic E-state index is -0.954. The number of aromatic carboxylic acids is 1. The first-order chi connectivity index (χ1) is 5.24. The molecule has 0 fully saturated rings. The maximum atomic E-state index is 10.4. The highest BCUT2D eigenvalue weighted by atomic mass is 32.2. The van der Waals surface area contributed by atoms with Crippen LogP contribution in [-0.2, 0) is 0 Å². The molecule has 5 heteroatoms. The summed E-state index contributed by atoms with van der Waals surface area (Å²) in [6.45, 7) is 2.01. The van der Waals surface area contributed by atoms with Gasteiger partial charge in [-0.2, -0.15) is 0 Å². The van der Waals surface area contributed by atoms with Gasteiger partial charge in [0.1, 0.15) is 0 Å². The third-order valence-electron chi connectivity index (χ3n) is 0.970. The lowest BCUT2D eigenvalue weighted by Crippen LogP contribution is -1.95. The summed E-state index contributed by atoms with van der Waals surface area (Å²) >= 11 is 2.93. The second kappa shape index (κ2) is 3.73. The number of aromatic nitrogens is 1. The fourth-order valence-corrected chi connectivity index (χ4v) is 2.24. The molecule has 0 saturated carbocycles. The fourth-order valence-electron chi connectivity index (χ4n) is 0.545. The third-order valence-corrected chi connectivity index (χ3v) is 2.87. The summed E-state index contributed by atoms with van der Waals surface area (Å²) in [5, 5.41) is 10.1. The van der Waals surface area contributed by atoms with Crippen LogP contribution in [0.4, 0.5) is 0 Å². The van der Waals surface area contributed by atoms with Crippen molar-refractivity contribution in [2.45, 2.75) is 11.3 Å². The van der Waals surface area contributed by atoms with Crippen LogP contribution in [0.2, 0.25) is 0 Å². The molecule has 60 valence electrons. The minimum absolute atomic E-state index is 0.144. The van der Waals surface area contributed by atoms with Crippen LogP contribution < -0.4 is 0 Å². The van der Waals surface area contributed by atoms with Gasteiger partial charge in [-0.1, -0.05) is 18.7 Å². The number of rotatable bonds is 3. The molecular weight excluding hydrogens is 182 g/mol. The van der Waals surface area contributed by atoms with Gasteiger partial charge in [0.05, 0.1) is 0 Å². The van der Waals surface area contributed by atoms with Gasteiger partial charge < -0.3 is 5.11 Å². The number of thioether (sulfide) groups is 1. The number of carboxylic acid groups (broad SMARTS) is 1. The number of carbonyl (C=O) groups is 1. The highest BCUT2D eigenvalue weighted by molar-refractivity contribution is 8.00. The van der Waals surface area contributed by atoms with Crippen molar-refractivity contribution in [3.05, 3.63) is 11.1 Å². The number of hydrogen-bond donors (Lipinski definition) is 1. The largest absolute Gasteiger partial charge is 0.476 e. The van der Waals surface area contributed by atoms with Crippen LogP contribution in [-0.4, -0.2) is 21.8 Å². The highest BCUT2D eigenvalue weighted by Gasteiger charge is 2.07. The second-order valence-corrected chi connectivity index (χ2v) is 4.11. The molecule has 0 atom stereocenters. The molecule has 0 saturated heterocycles. The zero-order valence-corrected chi connectivity index (χ0v) is 7.54. The Labute approximate surface area is 72.5 Å². The van der Waals surface area contributed by atoms with Crippen molar-refractivity contribution >= 4 is 29.1 Å². The molecule has 1 aromatic heterocycles. The molecule has 0 radical (unpaired) electrons. The topological polar surface area (TPSA) is 50.2 Å². The molecular formula is C6H7NO2S2. The summed E-state index contributed by atoms with van der Waals surface area (Å²) in [6.07, 6.45) is 0. The minimum Gasteiger partial charge on any atom is -0.476 e. The Kier molecular flexibility index (Phi) is 2.90. The van der Waals surface area contributed by atoms with Crippen LogP contribution >= 0.6 is 23.1 Å². The monoisotopic (exact) mass is 189 g/mol. The average molecular weight is 189 g/mol. The quantitative estimate of drug-likeness (QED) is 0.738. The van der Waals surface area contributed by atoms with Crippen molar-refractivity contribution in [3.8, 4) is 0 Å². The van der Waals surface area contributed by atoms with Crippen LogP contribution in [0.5, 0.6) is 0 Å². The van der Waals surface area contributed by atoms with Gasteiger partial charge in [0, 0.05) is 5.38 Å². The van der Waals surface area contributed by atoms with E-state index in [0.717, 1.165) is 10.1 Å². The van der Waals surface area contributed by atoms with Gasteiger partial charge in [0.15, 0.2) is 10.0 Å². The lowest BCUT2D eigenvalue weighted by Gasteiger charge is -1.86. The van der Waals surface area contributed by atoms with Crippen molar-refractivity contribution in [2.75, 3.05) is 5.75 Å². The van der Waals surface area contributed by atoms with E-state index in [1.165, 1.54) is 11.3 Å². The average Bonchev–Trinajstić information content (AvgIpc) is 2.37. The van der Waals surface area contributed by atoms with Gasteiger partial charge in [0.25, 0.3) is 0 Å². The molecule has 11 heavy (non-hydrogen) atoms. The Morgan fingerprint density at radius 1 is 1.91 bits per heavy atom. The summed E-state index contributed by atoms with van der Waals surface area (Å²) in [5.41, 5.74) is 0.144. The maximum Gasteiger partial charge on any atom is 0.355 e. The Morgan fingerprint density at radius 3 is 3.09 bits per heavy atom. The van der Waals surface area contributed by atoms with Gasteiger partial charge >= 0.3 is 5.97 Å². The van der Waals surface area contributed by atoms with Crippen molar-refractivity contribution < 1.29 is 9.90 Å². The van der Waals surface area contributed by atoms with Crippen LogP contribution in [0.1, 0.15) is 17.4 Å². The molecule has 0 aliphatic rings. The lowest BCUT2D eigenvalue weighted by atomic mass is 10.5. The van der Waals surface area contributed by atoms with Gasteiger partial charge in [-0.3, -0.25) is 0 Å². The van der Waals surface area contributed by atoms with Gasteiger partial charge in [-0.25, -0.2) is 9.78 Å². The highest BCUT2D eigenvalue weighted by Crippen LogP contribution is 2.21. The molecule has 0 aromatic carbocycles. The van der Waals surface area contributed by atoms with E-state index in [1.54, 1.807) is 17.1 Å². The van der Waals surface area contributed by atoms with Crippen LogP contribution in [0.25, 0.3) is 0 Å². The molecule has 3 nitrogen and oxygen atoms in total. The first kappa shape index (κ1) is 8.55. The fraction of sp³-hybridized carbons (Fsp3) is 0.333. The number of thiazole rings is 1. The summed E-state index contributed by atoms with van der Waals surface area (Å²) in [4.78, 5) is 14.2. The standard InChI is InChI=1S/C6H7NO2S2/c1-2-10-6-7-4(3-11-6)5(8)9/h3H,2H2,1H3,(H,8,9). The van der Waals surface area contributed by atoms with E-state index in [0.29, 0.717) is 0 Å². The smallest absolute Gasteiger partial charge is 0.355 e. The number of nitrogens with zero attached hydrogens (tertiary/aromatic N) is 1. The first-order valence-electron chi connectivity index (χ1n) is 3.05. The first-order valence-corrected chi connectivity index (χ1v) is 4.92. The van der Waals surface area contributed by atoms with Gasteiger partial charge in [-0.15, -0.1) is 11.3 Å². The second-order valence-electron chi connectivity index (χ2n) is 1.74.